The molecule has 2 aliphatic heterocycles. The second-order valence-electron chi connectivity index (χ2n) is 13.3. The molecule has 50 heavy (non-hydrogen) atoms. The van der Waals surface area contributed by atoms with Crippen LogP contribution in [-0.4, -0.2) is 83.7 Å². The topological polar surface area (TPSA) is 187 Å². The minimum atomic E-state index is -1.25. The molecule has 2 heterocycles. The smallest absolute Gasteiger partial charge is 0.410 e. The fourth-order valence-electron chi connectivity index (χ4n) is 7.72. The average Bonchev–Trinajstić information content (AvgIpc) is 3.64. The second kappa shape index (κ2) is 17.6. The quantitative estimate of drug-likeness (QED) is 0.116. The Morgan fingerprint density at radius 1 is 0.900 bits per heavy atom. The number of fused-ring (bicyclic) bond motifs is 1. The Labute approximate surface area is 292 Å². The van der Waals surface area contributed by atoms with Crippen molar-refractivity contribution in [2.75, 3.05) is 19.6 Å². The number of nitrogens with two attached hydrogens (primary N) is 2. The van der Waals surface area contributed by atoms with Crippen LogP contribution in [0, 0.1) is 11.8 Å². The van der Waals surface area contributed by atoms with E-state index in [1.54, 1.807) is 40.1 Å². The summed E-state index contributed by atoms with van der Waals surface area (Å²) in [6, 6.07) is 15.3. The van der Waals surface area contributed by atoms with Crippen LogP contribution in [0.25, 0.3) is 0 Å². The molecule has 2 aromatic rings. The third-order valence-electron chi connectivity index (χ3n) is 10.1. The Morgan fingerprint density at radius 3 is 2.34 bits per heavy atom. The Balaban J connectivity index is 1.34. The summed E-state index contributed by atoms with van der Waals surface area (Å²) in [5, 5.41) is 2.88. The molecule has 3 aliphatic rings. The molecule has 0 bridgehead atoms. The zero-order chi connectivity index (χ0) is 35.5. The lowest BCUT2D eigenvalue weighted by Gasteiger charge is -2.47. The maximum absolute atomic E-state index is 14.6. The molecule has 0 spiro atoms. The molecule has 2 saturated heterocycles. The molecule has 1 saturated carbocycles. The van der Waals surface area contributed by atoms with Crippen LogP contribution in [0.15, 0.2) is 65.7 Å². The number of benzene rings is 2. The van der Waals surface area contributed by atoms with Crippen molar-refractivity contribution >= 4 is 36.1 Å². The number of ether oxygens (including phenoxy) is 2. The average molecular weight is 689 g/mol. The molecule has 1 aliphatic carbocycles. The number of nitrogens with zero attached hydrogens (tertiary/aromatic N) is 3. The van der Waals surface area contributed by atoms with Gasteiger partial charge in [-0.2, -0.15) is 0 Å². The van der Waals surface area contributed by atoms with E-state index in [1.807, 2.05) is 30.3 Å². The number of hydrogen-bond acceptors (Lipinski definition) is 8. The van der Waals surface area contributed by atoms with Crippen molar-refractivity contribution in [3.8, 4) is 0 Å². The maximum Gasteiger partial charge on any atom is 0.410 e. The zero-order valence-corrected chi connectivity index (χ0v) is 28.4. The zero-order valence-electron chi connectivity index (χ0n) is 28.4. The van der Waals surface area contributed by atoms with Crippen molar-refractivity contribution in [3.05, 3.63) is 71.8 Å². The van der Waals surface area contributed by atoms with Gasteiger partial charge in [-0.3, -0.25) is 29.1 Å². The monoisotopic (exact) mass is 688 g/mol. The van der Waals surface area contributed by atoms with Gasteiger partial charge < -0.3 is 31.2 Å². The van der Waals surface area contributed by atoms with E-state index < -0.39 is 42.0 Å². The number of carbonyl (C=O) groups is 5. The number of guanidine groups is 1. The van der Waals surface area contributed by atoms with Crippen LogP contribution in [0.4, 0.5) is 4.79 Å². The van der Waals surface area contributed by atoms with Crippen molar-refractivity contribution in [3.63, 3.8) is 0 Å². The van der Waals surface area contributed by atoms with Crippen LogP contribution in [0.2, 0.25) is 0 Å². The number of piperidine rings is 1. The van der Waals surface area contributed by atoms with Gasteiger partial charge in [0.2, 0.25) is 11.8 Å². The number of ketones is 1. The van der Waals surface area contributed by atoms with Gasteiger partial charge in [0.05, 0.1) is 6.04 Å². The van der Waals surface area contributed by atoms with Gasteiger partial charge in [-0.15, -0.1) is 0 Å². The van der Waals surface area contributed by atoms with E-state index in [2.05, 4.69) is 10.3 Å². The molecule has 0 aromatic heterocycles. The predicted molar refractivity (Wildman–Crippen MR) is 185 cm³/mol. The largest absolute Gasteiger partial charge is 0.452 e. The van der Waals surface area contributed by atoms with E-state index in [0.29, 0.717) is 43.8 Å². The van der Waals surface area contributed by atoms with Crippen molar-refractivity contribution in [1.82, 2.24) is 15.1 Å². The SMILES string of the molecule is NC(N)=NCCCC(NC(=O)C1CCCN1C(=O)C1C2CCCCC2CCN1C(=O)OCc1ccccc1)C(=O)C(OC=O)c1ccccc1. The standard InChI is InChI=1S/C37H48N6O7/c38-36(39)40-20-9-17-29(32(45)33(50-24-44)27-14-5-2-6-15-27)41-34(46)30-18-10-21-42(30)35(47)31-28-16-8-7-13-26(28)19-22-43(31)37(48)49-23-25-11-3-1-4-12-25/h1-6,11-12,14-15,24,26,28-31,33H,7-10,13,16-23H2,(H,41,46)(H4,38,39,40). The van der Waals surface area contributed by atoms with Crippen molar-refractivity contribution in [2.45, 2.75) is 88.6 Å². The summed E-state index contributed by atoms with van der Waals surface area (Å²) in [5.41, 5.74) is 12.3. The molecule has 13 heteroatoms. The highest BCUT2D eigenvalue weighted by atomic mass is 16.6. The summed E-state index contributed by atoms with van der Waals surface area (Å²) in [6.07, 6.45) is 4.41. The second-order valence-corrected chi connectivity index (χ2v) is 13.3. The number of amides is 3. The summed E-state index contributed by atoms with van der Waals surface area (Å²) in [7, 11) is 0. The molecule has 5 rings (SSSR count). The van der Waals surface area contributed by atoms with Crippen LogP contribution in [0.3, 0.4) is 0 Å². The van der Waals surface area contributed by atoms with Gasteiger partial charge >= 0.3 is 6.09 Å². The van der Waals surface area contributed by atoms with E-state index in [0.717, 1.165) is 37.7 Å². The molecule has 2 aromatic carbocycles. The van der Waals surface area contributed by atoms with E-state index in [4.69, 9.17) is 20.9 Å². The number of likely N-dealkylation sites (tertiary alicyclic amines) is 2. The summed E-state index contributed by atoms with van der Waals surface area (Å²) in [6.45, 7) is 1.28. The molecule has 6 unspecified atom stereocenters. The maximum atomic E-state index is 14.6. The van der Waals surface area contributed by atoms with Crippen LogP contribution in [-0.2, 0) is 35.3 Å². The fraction of sp³-hybridized carbons (Fsp3) is 0.514. The van der Waals surface area contributed by atoms with Crippen molar-refractivity contribution in [2.24, 2.45) is 28.3 Å². The minimum absolute atomic E-state index is 0.0319. The number of Topliss-reactive ketones (excluding diaryl/α,β-unsaturated/α-hetero) is 1. The van der Waals surface area contributed by atoms with E-state index in [9.17, 15) is 24.0 Å². The van der Waals surface area contributed by atoms with Gasteiger partial charge in [0.1, 0.15) is 18.7 Å². The van der Waals surface area contributed by atoms with Gasteiger partial charge in [0.25, 0.3) is 6.47 Å². The highest BCUT2D eigenvalue weighted by molar-refractivity contribution is 5.96. The normalized spacial score (nSPS) is 22.7. The lowest BCUT2D eigenvalue weighted by Crippen LogP contribution is -2.61. The molecule has 3 amide bonds. The molecule has 3 fully saturated rings. The summed E-state index contributed by atoms with van der Waals surface area (Å²) >= 11 is 0. The third-order valence-corrected chi connectivity index (χ3v) is 10.1. The number of aliphatic imine (C=N–C) groups is 1. The lowest BCUT2D eigenvalue weighted by atomic mass is 9.70. The third kappa shape index (κ3) is 8.99. The highest BCUT2D eigenvalue weighted by Gasteiger charge is 2.49. The first kappa shape index (κ1) is 36.3. The molecule has 268 valence electrons. The molecular weight excluding hydrogens is 640 g/mol. The van der Waals surface area contributed by atoms with Gasteiger partial charge in [0.15, 0.2) is 17.8 Å². The Bertz CT molecular complexity index is 1500. The molecule has 5 N–H and O–H groups in total. The molecular formula is C37H48N6O7. The molecule has 13 nitrogen and oxygen atoms in total. The summed E-state index contributed by atoms with van der Waals surface area (Å²) < 4.78 is 11.0. The first-order chi connectivity index (χ1) is 24.3. The van der Waals surface area contributed by atoms with Crippen LogP contribution >= 0.6 is 0 Å². The van der Waals surface area contributed by atoms with E-state index >= 15 is 0 Å². The molecule has 6 atom stereocenters. The van der Waals surface area contributed by atoms with Crippen LogP contribution < -0.4 is 16.8 Å². The fourth-order valence-corrected chi connectivity index (χ4v) is 7.72. The summed E-state index contributed by atoms with van der Waals surface area (Å²) in [4.78, 5) is 74.6. The lowest BCUT2D eigenvalue weighted by molar-refractivity contribution is -0.149. The Kier molecular flexibility index (Phi) is 12.8. The first-order valence-corrected chi connectivity index (χ1v) is 17.6. The minimum Gasteiger partial charge on any atom is -0.452 e. The molecule has 0 radical (unpaired) electrons. The number of carbonyl (C=O) groups excluding carboxylic acids is 5. The van der Waals surface area contributed by atoms with Gasteiger partial charge in [-0.25, -0.2) is 4.79 Å². The first-order valence-electron chi connectivity index (χ1n) is 17.6. The Hall–Kier alpha value is -4.94. The van der Waals surface area contributed by atoms with E-state index in [1.165, 1.54) is 0 Å². The van der Waals surface area contributed by atoms with E-state index in [-0.39, 0.29) is 43.8 Å². The van der Waals surface area contributed by atoms with Gasteiger partial charge in [-0.05, 0) is 55.9 Å². The summed E-state index contributed by atoms with van der Waals surface area (Å²) in [5.74, 6) is -1.08. The highest BCUT2D eigenvalue weighted by Crippen LogP contribution is 2.41. The van der Waals surface area contributed by atoms with Crippen molar-refractivity contribution < 1.29 is 33.4 Å². The van der Waals surface area contributed by atoms with Crippen molar-refractivity contribution in [1.29, 1.82) is 0 Å². The van der Waals surface area contributed by atoms with Crippen LogP contribution in [0.1, 0.15) is 75.0 Å². The number of hydrogen-bond donors (Lipinski definition) is 3. The van der Waals surface area contributed by atoms with Gasteiger partial charge in [-0.1, -0.05) is 79.9 Å². The number of nitrogens with one attached hydrogen (secondary N) is 1. The number of rotatable bonds is 14. The van der Waals surface area contributed by atoms with Crippen LogP contribution in [0.5, 0.6) is 0 Å². The Morgan fingerprint density at radius 2 is 1.62 bits per heavy atom. The predicted octanol–water partition coefficient (Wildman–Crippen LogP) is 3.22. The van der Waals surface area contributed by atoms with Gasteiger partial charge in [0, 0.05) is 25.2 Å².